The van der Waals surface area contributed by atoms with Gasteiger partial charge in [-0.15, -0.1) is 0 Å². The van der Waals surface area contributed by atoms with E-state index in [4.69, 9.17) is 0 Å². The smallest absolute Gasteiger partial charge is 0.189 e. The van der Waals surface area contributed by atoms with E-state index in [1.54, 1.807) is 13.1 Å². The molecular weight excluding hydrogens is 98.0 g/mol. The summed E-state index contributed by atoms with van der Waals surface area (Å²) in [6.07, 6.45) is 1.60. The van der Waals surface area contributed by atoms with Crippen molar-refractivity contribution in [3.05, 3.63) is 5.59 Å². The van der Waals surface area contributed by atoms with Crippen LogP contribution in [0, 0.1) is 0 Å². The van der Waals surface area contributed by atoms with E-state index < -0.39 is 0 Å². The Morgan fingerprint density at radius 1 is 1.86 bits per heavy atom. The van der Waals surface area contributed by atoms with Gasteiger partial charge in [0.25, 0.3) is 0 Å². The average molecular weight is 103 g/mol. The van der Waals surface area contributed by atoms with E-state index in [9.17, 15) is 0 Å². The topological polar surface area (TPSA) is 47.6 Å². The second-order valence-corrected chi connectivity index (χ2v) is 0.908. The standard InChI is InChI=1S/C2H5N3O2/c1-2-5-3-6-4-7-5/h2,4H,1H3/b5-2-. The molecule has 5 nitrogen and oxygen atoms in total. The summed E-state index contributed by atoms with van der Waals surface area (Å²) < 4.78 is 0. The van der Waals surface area contributed by atoms with Gasteiger partial charge in [0.2, 0.25) is 0 Å². The molecule has 1 aliphatic heterocycles. The van der Waals surface area contributed by atoms with Gasteiger partial charge in [-0.25, -0.2) is 5.59 Å². The third-order valence-electron chi connectivity index (χ3n) is 0.510. The number of nitrogens with one attached hydrogen (secondary N) is 1. The van der Waals surface area contributed by atoms with Crippen molar-refractivity contribution in [3.8, 4) is 0 Å². The molecule has 5 heteroatoms. The Labute approximate surface area is 40.3 Å². The predicted octanol–water partition coefficient (Wildman–Crippen LogP) is -0.325. The lowest BCUT2D eigenvalue weighted by Crippen LogP contribution is -2.05. The maximum Gasteiger partial charge on any atom is 0.189 e. The Morgan fingerprint density at radius 3 is 3.00 bits per heavy atom. The van der Waals surface area contributed by atoms with Crippen molar-refractivity contribution in [1.29, 1.82) is 0 Å². The van der Waals surface area contributed by atoms with Crippen molar-refractivity contribution in [2.24, 2.45) is 0 Å². The Balaban J connectivity index is 2.41. The van der Waals surface area contributed by atoms with Gasteiger partial charge in [-0.3, -0.25) is 4.94 Å². The van der Waals surface area contributed by atoms with E-state index in [1.165, 1.54) is 0 Å². The van der Waals surface area contributed by atoms with Crippen molar-refractivity contribution in [1.82, 2.24) is 5.64 Å². The fraction of sp³-hybridized carbons (Fsp3) is 0.500. The van der Waals surface area contributed by atoms with Gasteiger partial charge >= 0.3 is 0 Å². The molecule has 1 saturated heterocycles. The zero-order valence-corrected chi connectivity index (χ0v) is 3.79. The molecule has 1 rings (SSSR count). The van der Waals surface area contributed by atoms with Crippen LogP contribution >= 0.6 is 0 Å². The highest BCUT2D eigenvalue weighted by molar-refractivity contribution is 5.46. The lowest BCUT2D eigenvalue weighted by Gasteiger charge is -1.89. The molecule has 0 aromatic carbocycles. The third kappa shape index (κ3) is 0.787. The summed E-state index contributed by atoms with van der Waals surface area (Å²) >= 11 is 0. The minimum atomic E-state index is 1.15. The van der Waals surface area contributed by atoms with E-state index in [-0.39, 0.29) is 0 Å². The Kier molecular flexibility index (Phi) is 1.10. The van der Waals surface area contributed by atoms with Gasteiger partial charge in [0, 0.05) is 12.6 Å². The zero-order chi connectivity index (χ0) is 5.11. The van der Waals surface area contributed by atoms with Crippen LogP contribution in [-0.2, 0) is 9.88 Å². The lowest BCUT2D eigenvalue weighted by molar-refractivity contribution is -0.746. The highest BCUT2D eigenvalue weighted by atomic mass is 17.1. The molecule has 0 unspecified atom stereocenters. The van der Waals surface area contributed by atoms with Crippen LogP contribution in [0.4, 0.5) is 0 Å². The highest BCUT2D eigenvalue weighted by Crippen LogP contribution is 1.94. The molecule has 1 N–H and O–H groups in total. The van der Waals surface area contributed by atoms with Gasteiger partial charge in [0.05, 0.1) is 0 Å². The lowest BCUT2D eigenvalue weighted by atomic mass is 10.9. The molecule has 0 amide bonds. The monoisotopic (exact) mass is 103 g/mol. The largest absolute Gasteiger partial charge is 0.280 e. The van der Waals surface area contributed by atoms with Crippen LogP contribution in [0.2, 0.25) is 0 Å². The molecule has 0 aliphatic carbocycles. The molecule has 7 heavy (non-hydrogen) atoms. The maximum atomic E-state index is 4.44. The zero-order valence-electron chi connectivity index (χ0n) is 3.79. The Bertz CT molecular complexity index is 82.9. The fourth-order valence-corrected chi connectivity index (χ4v) is 0.228. The molecule has 40 valence electrons. The van der Waals surface area contributed by atoms with Gasteiger partial charge in [-0.1, -0.05) is 0 Å². The second kappa shape index (κ2) is 1.76. The summed E-state index contributed by atoms with van der Waals surface area (Å²) in [5, 5.41) is 0. The first kappa shape index (κ1) is 4.35. The molecule has 0 bridgehead atoms. The van der Waals surface area contributed by atoms with Crippen molar-refractivity contribution >= 4 is 6.21 Å². The molecule has 1 heterocycles. The molecule has 1 fully saturated rings. The molecule has 1 aliphatic rings. The molecule has 0 aromatic rings. The van der Waals surface area contributed by atoms with Crippen molar-refractivity contribution in [3.63, 3.8) is 0 Å². The first-order valence-electron chi connectivity index (χ1n) is 1.81. The number of hydrogen-bond acceptors (Lipinski definition) is 3. The minimum Gasteiger partial charge on any atom is -0.280 e. The van der Waals surface area contributed by atoms with Crippen molar-refractivity contribution in [2.45, 2.75) is 6.92 Å². The Hall–Kier alpha value is -0.810. The third-order valence-corrected chi connectivity index (χ3v) is 0.510. The number of rotatable bonds is 0. The van der Waals surface area contributed by atoms with Crippen LogP contribution < -0.4 is 5.64 Å². The van der Waals surface area contributed by atoms with E-state index >= 15 is 0 Å². The first-order valence-corrected chi connectivity index (χ1v) is 1.81. The van der Waals surface area contributed by atoms with Crippen LogP contribution in [0.5, 0.6) is 0 Å². The van der Waals surface area contributed by atoms with Crippen LogP contribution in [0.3, 0.4) is 0 Å². The van der Waals surface area contributed by atoms with E-state index in [1.807, 2.05) is 0 Å². The molecule has 0 spiro atoms. The minimum absolute atomic E-state index is 1.15. The molecule has 0 atom stereocenters. The van der Waals surface area contributed by atoms with E-state index in [2.05, 4.69) is 21.1 Å². The summed E-state index contributed by atoms with van der Waals surface area (Å²) in [5.41, 5.74) is 5.35. The summed E-state index contributed by atoms with van der Waals surface area (Å²) in [4.78, 5) is 9.79. The average Bonchev–Trinajstić information content (AvgIpc) is 2.14. The number of nitrogens with zero attached hydrogens (tertiary/aromatic N) is 2. The summed E-state index contributed by atoms with van der Waals surface area (Å²) in [5.74, 6) is 0. The van der Waals surface area contributed by atoms with Crippen LogP contribution in [-0.4, -0.2) is 11.1 Å². The van der Waals surface area contributed by atoms with Crippen molar-refractivity contribution < 1.29 is 14.7 Å². The van der Waals surface area contributed by atoms with Crippen LogP contribution in [0.1, 0.15) is 6.92 Å². The van der Waals surface area contributed by atoms with Crippen molar-refractivity contribution in [2.75, 3.05) is 0 Å². The molecule has 0 saturated carbocycles. The summed E-state index contributed by atoms with van der Waals surface area (Å²) in [7, 11) is 0. The Morgan fingerprint density at radius 2 is 2.71 bits per heavy atom. The van der Waals surface area contributed by atoms with Crippen LogP contribution in [0.15, 0.2) is 0 Å². The predicted molar refractivity (Wildman–Crippen MR) is 20.7 cm³/mol. The SMILES string of the molecule is C/C=[N+]1/[N-]ONO1. The molecule has 0 aromatic heterocycles. The van der Waals surface area contributed by atoms with E-state index in [0.717, 1.165) is 4.85 Å². The summed E-state index contributed by atoms with van der Waals surface area (Å²) in [6, 6.07) is 0. The summed E-state index contributed by atoms with van der Waals surface area (Å²) in [6.45, 7) is 1.76. The maximum absolute atomic E-state index is 4.44. The van der Waals surface area contributed by atoms with E-state index in [0.29, 0.717) is 0 Å². The normalized spacial score (nSPS) is 24.4. The van der Waals surface area contributed by atoms with Gasteiger partial charge in [0.1, 0.15) is 0 Å². The number of hydrogen-bond donors (Lipinski definition) is 1. The fourth-order valence-electron chi connectivity index (χ4n) is 0.228. The van der Waals surface area contributed by atoms with Gasteiger partial charge < -0.3 is 0 Å². The molecular formula is C2H5N3O2. The quantitative estimate of drug-likeness (QED) is 0.427. The second-order valence-electron chi connectivity index (χ2n) is 0.908. The van der Waals surface area contributed by atoms with Gasteiger partial charge in [0.15, 0.2) is 6.21 Å². The van der Waals surface area contributed by atoms with Crippen LogP contribution in [0.25, 0.3) is 5.59 Å². The molecule has 0 radical (unpaired) electrons. The van der Waals surface area contributed by atoms with Gasteiger partial charge in [-0.05, 0) is 4.85 Å². The van der Waals surface area contributed by atoms with Gasteiger partial charge in [-0.2, -0.15) is 4.94 Å². The highest BCUT2D eigenvalue weighted by Gasteiger charge is 1.98. The first-order chi connectivity index (χ1) is 3.43.